The molecule has 3 amide bonds. The van der Waals surface area contributed by atoms with Crippen molar-refractivity contribution in [2.24, 2.45) is 0 Å². The van der Waals surface area contributed by atoms with Crippen LogP contribution in [0, 0.1) is 0 Å². The number of fused-ring (bicyclic) bond motifs is 1. The predicted octanol–water partition coefficient (Wildman–Crippen LogP) is 5.28. The standard InChI is InChI=1S/C38H46N6O7S/c1-38(2,3)27-21-33(36(49-4)34(22-27)42-52(47,48)25-35(45)44-15-19-51-20-16-44)41-37(46)40-32-12-11-29(30-7-5-6-8-31(30)32)26-9-10-28(39-23-26)24-43-13-17-50-18-14-43/h5-12,21-23,42H,13-20,24-25H2,1-4H3,(H2,40,41,46). The fraction of sp³-hybridized carbons (Fsp3) is 0.395. The van der Waals surface area contributed by atoms with E-state index in [0.29, 0.717) is 32.0 Å². The van der Waals surface area contributed by atoms with Crippen molar-refractivity contribution in [2.75, 3.05) is 80.8 Å². The van der Waals surface area contributed by atoms with Gasteiger partial charge in [-0.05, 0) is 46.2 Å². The zero-order valence-corrected chi connectivity index (χ0v) is 30.8. The normalized spacial score (nSPS) is 15.7. The predicted molar refractivity (Wildman–Crippen MR) is 202 cm³/mol. The molecule has 276 valence electrons. The number of sulfonamides is 1. The maximum Gasteiger partial charge on any atom is 0.323 e. The lowest BCUT2D eigenvalue weighted by molar-refractivity contribution is -0.132. The molecule has 52 heavy (non-hydrogen) atoms. The zero-order valence-electron chi connectivity index (χ0n) is 30.0. The third kappa shape index (κ3) is 8.99. The van der Waals surface area contributed by atoms with Crippen molar-refractivity contribution < 1.29 is 32.2 Å². The van der Waals surface area contributed by atoms with Gasteiger partial charge in [0.05, 0.1) is 56.3 Å². The van der Waals surface area contributed by atoms with Crippen molar-refractivity contribution >= 4 is 49.8 Å². The summed E-state index contributed by atoms with van der Waals surface area (Å²) < 4.78 is 45.4. The minimum atomic E-state index is -4.13. The van der Waals surface area contributed by atoms with E-state index in [0.717, 1.165) is 66.0 Å². The Labute approximate surface area is 304 Å². The van der Waals surface area contributed by atoms with Crippen LogP contribution < -0.4 is 20.1 Å². The number of aromatic nitrogens is 1. The molecule has 2 fully saturated rings. The number of hydrogen-bond acceptors (Lipinski definition) is 9. The van der Waals surface area contributed by atoms with E-state index in [1.54, 1.807) is 12.1 Å². The third-order valence-corrected chi connectivity index (χ3v) is 10.3. The van der Waals surface area contributed by atoms with Gasteiger partial charge < -0.3 is 29.7 Å². The number of benzene rings is 3. The Morgan fingerprint density at radius 2 is 1.50 bits per heavy atom. The molecular formula is C38H46N6O7S. The highest BCUT2D eigenvalue weighted by molar-refractivity contribution is 7.93. The highest BCUT2D eigenvalue weighted by Gasteiger charge is 2.27. The van der Waals surface area contributed by atoms with Gasteiger partial charge >= 0.3 is 6.03 Å². The molecule has 13 nitrogen and oxygen atoms in total. The number of hydrogen-bond donors (Lipinski definition) is 3. The van der Waals surface area contributed by atoms with Gasteiger partial charge in [0.15, 0.2) is 5.75 Å². The van der Waals surface area contributed by atoms with Gasteiger partial charge in [0.25, 0.3) is 0 Å². The molecule has 2 aliphatic heterocycles. The fourth-order valence-electron chi connectivity index (χ4n) is 6.32. The van der Waals surface area contributed by atoms with E-state index in [4.69, 9.17) is 19.2 Å². The third-order valence-electron chi connectivity index (χ3n) is 9.15. The average molecular weight is 731 g/mol. The minimum Gasteiger partial charge on any atom is -0.492 e. The van der Waals surface area contributed by atoms with Crippen LogP contribution in [-0.4, -0.2) is 101 Å². The molecule has 0 saturated carbocycles. The second-order valence-electron chi connectivity index (χ2n) is 13.9. The Morgan fingerprint density at radius 1 is 0.846 bits per heavy atom. The number of pyridine rings is 1. The van der Waals surface area contributed by atoms with Crippen molar-refractivity contribution in [3.8, 4) is 16.9 Å². The summed E-state index contributed by atoms with van der Waals surface area (Å²) in [6.45, 7) is 11.3. The average Bonchev–Trinajstić information content (AvgIpc) is 3.12. The molecule has 4 aromatic rings. The van der Waals surface area contributed by atoms with Crippen molar-refractivity contribution in [3.63, 3.8) is 0 Å². The van der Waals surface area contributed by atoms with Crippen LogP contribution >= 0.6 is 0 Å². The molecule has 0 unspecified atom stereocenters. The summed E-state index contributed by atoms with van der Waals surface area (Å²) in [5.74, 6) is -1.15. The van der Waals surface area contributed by atoms with Crippen LogP contribution in [0.25, 0.3) is 21.9 Å². The number of morpholine rings is 2. The smallest absolute Gasteiger partial charge is 0.323 e. The lowest BCUT2D eigenvalue weighted by atomic mass is 9.86. The van der Waals surface area contributed by atoms with Gasteiger partial charge in [-0.15, -0.1) is 0 Å². The number of carbonyl (C=O) groups is 2. The van der Waals surface area contributed by atoms with E-state index in [1.165, 1.54) is 12.0 Å². The largest absolute Gasteiger partial charge is 0.492 e. The van der Waals surface area contributed by atoms with E-state index in [2.05, 4.69) is 32.4 Å². The van der Waals surface area contributed by atoms with Gasteiger partial charge in [-0.3, -0.25) is 19.4 Å². The maximum atomic E-state index is 13.6. The molecule has 0 aliphatic carbocycles. The first-order valence-electron chi connectivity index (χ1n) is 17.3. The van der Waals surface area contributed by atoms with Crippen LogP contribution in [0.1, 0.15) is 32.0 Å². The van der Waals surface area contributed by atoms with Gasteiger partial charge in [0.2, 0.25) is 15.9 Å². The number of nitrogens with zero attached hydrogens (tertiary/aromatic N) is 3. The van der Waals surface area contributed by atoms with Gasteiger partial charge in [-0.1, -0.05) is 57.2 Å². The van der Waals surface area contributed by atoms with Crippen LogP contribution in [0.15, 0.2) is 66.9 Å². The Balaban J connectivity index is 1.22. The number of ether oxygens (including phenoxy) is 3. The molecular weight excluding hydrogens is 685 g/mol. The van der Waals surface area contributed by atoms with E-state index < -0.39 is 33.1 Å². The summed E-state index contributed by atoms with van der Waals surface area (Å²) in [6, 6.07) is 18.6. The van der Waals surface area contributed by atoms with Crippen LogP contribution in [-0.2, 0) is 36.3 Å². The quantitative estimate of drug-likeness (QED) is 0.198. The summed E-state index contributed by atoms with van der Waals surface area (Å²) >= 11 is 0. The SMILES string of the molecule is COc1c(NC(=O)Nc2ccc(-c3ccc(CN4CCOCC4)nc3)c3ccccc23)cc(C(C)(C)C)cc1NS(=O)(=O)CC(=O)N1CCOCC1. The molecule has 0 atom stereocenters. The number of methoxy groups -OCH3 is 1. The monoisotopic (exact) mass is 730 g/mol. The first-order chi connectivity index (χ1) is 24.9. The molecule has 0 radical (unpaired) electrons. The van der Waals surface area contributed by atoms with Crippen LogP contribution in [0.4, 0.5) is 21.9 Å². The number of carbonyl (C=O) groups excluding carboxylic acids is 2. The van der Waals surface area contributed by atoms with E-state index >= 15 is 0 Å². The van der Waals surface area contributed by atoms with E-state index in [9.17, 15) is 18.0 Å². The number of urea groups is 1. The lowest BCUT2D eigenvalue weighted by Crippen LogP contribution is -2.44. The van der Waals surface area contributed by atoms with E-state index in [1.807, 2.05) is 63.4 Å². The second-order valence-corrected chi connectivity index (χ2v) is 15.6. The Hall–Kier alpha value is -4.76. The topological polar surface area (TPSA) is 151 Å². The summed E-state index contributed by atoms with van der Waals surface area (Å²) in [6.07, 6.45) is 1.89. The first kappa shape index (κ1) is 37.0. The van der Waals surface area contributed by atoms with Gasteiger partial charge in [0.1, 0.15) is 5.75 Å². The number of amides is 3. The molecule has 3 aromatic carbocycles. The Kier molecular flexibility index (Phi) is 11.3. The molecule has 1 aromatic heterocycles. The van der Waals surface area contributed by atoms with Crippen molar-refractivity contribution in [3.05, 3.63) is 78.1 Å². The van der Waals surface area contributed by atoms with Crippen LogP contribution in [0.5, 0.6) is 5.75 Å². The highest BCUT2D eigenvalue weighted by atomic mass is 32.2. The van der Waals surface area contributed by atoms with Crippen molar-refractivity contribution in [1.82, 2.24) is 14.8 Å². The van der Waals surface area contributed by atoms with Gasteiger partial charge in [0, 0.05) is 49.9 Å². The summed E-state index contributed by atoms with van der Waals surface area (Å²) in [5, 5.41) is 7.62. The van der Waals surface area contributed by atoms with Gasteiger partial charge in [-0.2, -0.15) is 0 Å². The Bertz CT molecular complexity index is 2020. The number of nitrogens with one attached hydrogen (secondary N) is 3. The Morgan fingerprint density at radius 3 is 2.15 bits per heavy atom. The zero-order chi connectivity index (χ0) is 36.9. The minimum absolute atomic E-state index is 0.107. The molecule has 0 bridgehead atoms. The van der Waals surface area contributed by atoms with Gasteiger partial charge in [-0.25, -0.2) is 13.2 Å². The van der Waals surface area contributed by atoms with Crippen LogP contribution in [0.3, 0.4) is 0 Å². The lowest BCUT2D eigenvalue weighted by Gasteiger charge is -2.27. The van der Waals surface area contributed by atoms with E-state index in [-0.39, 0.29) is 17.1 Å². The maximum absolute atomic E-state index is 13.6. The van der Waals surface area contributed by atoms with Crippen molar-refractivity contribution in [2.45, 2.75) is 32.7 Å². The number of rotatable bonds is 10. The highest BCUT2D eigenvalue weighted by Crippen LogP contribution is 2.40. The molecule has 2 aliphatic rings. The first-order valence-corrected chi connectivity index (χ1v) is 19.0. The second kappa shape index (κ2) is 15.9. The molecule has 3 N–H and O–H groups in total. The number of anilines is 3. The summed E-state index contributed by atoms with van der Waals surface area (Å²) in [7, 11) is -2.74. The molecule has 14 heteroatoms. The summed E-state index contributed by atoms with van der Waals surface area (Å²) in [5.41, 5.74) is 4.20. The molecule has 3 heterocycles. The van der Waals surface area contributed by atoms with Crippen LogP contribution in [0.2, 0.25) is 0 Å². The summed E-state index contributed by atoms with van der Waals surface area (Å²) in [4.78, 5) is 35.0. The van der Waals surface area contributed by atoms with Crippen molar-refractivity contribution in [1.29, 1.82) is 0 Å². The molecule has 2 saturated heterocycles. The fourth-order valence-corrected chi connectivity index (χ4v) is 7.39. The molecule has 6 rings (SSSR count). The molecule has 0 spiro atoms.